The van der Waals surface area contributed by atoms with E-state index in [-0.39, 0.29) is 6.10 Å². The molecule has 0 fully saturated rings. The molecule has 1 N–H and O–H groups in total. The molecule has 0 saturated heterocycles. The number of hydrogen-bond acceptors (Lipinski definition) is 5. The first-order valence-corrected chi connectivity index (χ1v) is 13.2. The fourth-order valence-corrected chi connectivity index (χ4v) is 5.06. The Balaban J connectivity index is 2.03. The fraction of sp³-hybridized carbons (Fsp3) is 0.438. The van der Waals surface area contributed by atoms with Gasteiger partial charge in [0.05, 0.1) is 11.7 Å². The number of nitrogens with one attached hydrogen (secondary N) is 1. The van der Waals surface area contributed by atoms with Crippen LogP contribution < -0.4 is 5.32 Å². The Hall–Kier alpha value is -3.02. The molecule has 37 heavy (non-hydrogen) atoms. The van der Waals surface area contributed by atoms with Gasteiger partial charge in [0.15, 0.2) is 6.10 Å². The second-order valence-electron chi connectivity index (χ2n) is 11.3. The molecule has 0 unspecified atom stereocenters. The number of aromatic nitrogens is 1. The molecule has 1 aliphatic heterocycles. The lowest BCUT2D eigenvalue weighted by Gasteiger charge is -2.31. The van der Waals surface area contributed by atoms with Crippen LogP contribution in [0, 0.1) is 20.8 Å². The lowest BCUT2D eigenvalue weighted by atomic mass is 9.85. The molecule has 5 nitrogen and oxygen atoms in total. The Morgan fingerprint density at radius 1 is 0.919 bits per heavy atom. The van der Waals surface area contributed by atoms with Crippen LogP contribution in [0.1, 0.15) is 74.4 Å². The molecule has 1 atom stereocenters. The van der Waals surface area contributed by atoms with Gasteiger partial charge in [-0.25, -0.2) is 4.79 Å². The molecule has 1 aliphatic rings. The van der Waals surface area contributed by atoms with Gasteiger partial charge in [0, 0.05) is 29.1 Å². The number of nitrogens with zero attached hydrogens (tertiary/aromatic N) is 1. The van der Waals surface area contributed by atoms with E-state index in [9.17, 15) is 4.79 Å². The van der Waals surface area contributed by atoms with E-state index >= 15 is 0 Å². The lowest BCUT2D eigenvalue weighted by molar-refractivity contribution is -0.171. The van der Waals surface area contributed by atoms with Crippen molar-refractivity contribution in [3.8, 4) is 22.3 Å². The molecule has 2 heterocycles. The van der Waals surface area contributed by atoms with Crippen LogP contribution in [0.4, 0.5) is 0 Å². The second-order valence-corrected chi connectivity index (χ2v) is 11.3. The molecule has 0 aliphatic carbocycles. The van der Waals surface area contributed by atoms with Gasteiger partial charge in [0.25, 0.3) is 0 Å². The van der Waals surface area contributed by atoms with Crippen LogP contribution in [-0.4, -0.2) is 29.2 Å². The minimum absolute atomic E-state index is 0.256. The predicted octanol–water partition coefficient (Wildman–Crippen LogP) is 6.79. The molecule has 0 radical (unpaired) electrons. The minimum atomic E-state index is -0.910. The van der Waals surface area contributed by atoms with Gasteiger partial charge in [0.2, 0.25) is 0 Å². The van der Waals surface area contributed by atoms with Gasteiger partial charge in [-0.1, -0.05) is 48.0 Å². The van der Waals surface area contributed by atoms with Crippen molar-refractivity contribution < 1.29 is 14.3 Å². The summed E-state index contributed by atoms with van der Waals surface area (Å²) in [5.74, 6) is -0.394. The number of aryl methyl sites for hydroxylation is 3. The highest BCUT2D eigenvalue weighted by Gasteiger charge is 2.35. The Morgan fingerprint density at radius 2 is 1.59 bits per heavy atom. The molecule has 2 aromatic carbocycles. The van der Waals surface area contributed by atoms with Gasteiger partial charge in [0.1, 0.15) is 0 Å². The normalized spacial score (nSPS) is 14.4. The summed E-state index contributed by atoms with van der Waals surface area (Å²) >= 11 is 0. The third-order valence-corrected chi connectivity index (χ3v) is 6.63. The maximum atomic E-state index is 13.6. The smallest absolute Gasteiger partial charge is 0.340 e. The standard InChI is InChI=1S/C32H40N2O3/c1-19(2)36-31(35)30(37-32(6,7)8)28-22(5)34-21(4)27(29(28)23-11-9-20(3)10-12-23)25-13-14-26-18-33-16-15-24(26)17-25/h9-14,17,19,30,33H,15-16,18H2,1-8H3/t30-/m0/s1. The number of fused-ring (bicyclic) bond motifs is 1. The van der Waals surface area contributed by atoms with Crippen LogP contribution in [0.5, 0.6) is 0 Å². The van der Waals surface area contributed by atoms with Gasteiger partial charge in [-0.05, 0) is 96.2 Å². The highest BCUT2D eigenvalue weighted by atomic mass is 16.6. The van der Waals surface area contributed by atoms with Crippen molar-refractivity contribution in [1.82, 2.24) is 10.3 Å². The van der Waals surface area contributed by atoms with E-state index in [1.54, 1.807) is 0 Å². The summed E-state index contributed by atoms with van der Waals surface area (Å²) in [4.78, 5) is 18.5. The Labute approximate surface area is 221 Å². The first-order chi connectivity index (χ1) is 17.4. The predicted molar refractivity (Wildman–Crippen MR) is 150 cm³/mol. The Bertz CT molecular complexity index is 1290. The monoisotopic (exact) mass is 500 g/mol. The minimum Gasteiger partial charge on any atom is -0.461 e. The van der Waals surface area contributed by atoms with E-state index in [0.29, 0.717) is 0 Å². The SMILES string of the molecule is Cc1ccc(-c2c(-c3ccc4c(c3)CCNC4)c(C)nc(C)c2[C@H](OC(C)(C)C)C(=O)OC(C)C)cc1. The van der Waals surface area contributed by atoms with E-state index in [0.717, 1.165) is 58.7 Å². The molecule has 0 bridgehead atoms. The van der Waals surface area contributed by atoms with Crippen molar-refractivity contribution in [2.45, 2.75) is 86.2 Å². The Kier molecular flexibility index (Phi) is 7.86. The van der Waals surface area contributed by atoms with E-state index in [1.807, 2.05) is 41.5 Å². The van der Waals surface area contributed by atoms with E-state index in [1.165, 1.54) is 16.7 Å². The quantitative estimate of drug-likeness (QED) is 0.378. The molecule has 0 saturated carbocycles. The summed E-state index contributed by atoms with van der Waals surface area (Å²) in [5.41, 5.74) is 9.92. The van der Waals surface area contributed by atoms with Crippen LogP contribution in [0.15, 0.2) is 42.5 Å². The molecule has 5 heteroatoms. The topological polar surface area (TPSA) is 60.5 Å². The number of carbonyl (C=O) groups excluding carboxylic acids is 1. The molecule has 4 rings (SSSR count). The number of esters is 1. The van der Waals surface area contributed by atoms with Gasteiger partial charge in [-0.3, -0.25) is 4.98 Å². The number of ether oxygens (including phenoxy) is 2. The summed E-state index contributed by atoms with van der Waals surface area (Å²) in [5, 5.41) is 3.45. The molecular weight excluding hydrogens is 460 g/mol. The first-order valence-electron chi connectivity index (χ1n) is 13.2. The zero-order valence-corrected chi connectivity index (χ0v) is 23.5. The zero-order valence-electron chi connectivity index (χ0n) is 23.5. The largest absolute Gasteiger partial charge is 0.461 e. The summed E-state index contributed by atoms with van der Waals surface area (Å²) < 4.78 is 12.2. The number of benzene rings is 2. The van der Waals surface area contributed by atoms with E-state index < -0.39 is 17.7 Å². The molecule has 196 valence electrons. The van der Waals surface area contributed by atoms with E-state index in [4.69, 9.17) is 14.5 Å². The molecule has 1 aromatic heterocycles. The lowest BCUT2D eigenvalue weighted by Crippen LogP contribution is -2.31. The fourth-order valence-electron chi connectivity index (χ4n) is 5.06. The van der Waals surface area contributed by atoms with Crippen molar-refractivity contribution in [3.63, 3.8) is 0 Å². The average molecular weight is 501 g/mol. The van der Waals surface area contributed by atoms with Crippen LogP contribution >= 0.6 is 0 Å². The highest BCUT2D eigenvalue weighted by Crippen LogP contribution is 2.43. The molecule has 0 amide bonds. The van der Waals surface area contributed by atoms with Crippen molar-refractivity contribution in [2.75, 3.05) is 6.54 Å². The number of pyridine rings is 1. The molecule has 3 aromatic rings. The Morgan fingerprint density at radius 3 is 2.24 bits per heavy atom. The number of rotatable bonds is 6. The third kappa shape index (κ3) is 6.11. The summed E-state index contributed by atoms with van der Waals surface area (Å²) in [6.45, 7) is 17.6. The van der Waals surface area contributed by atoms with Crippen LogP contribution in [0.25, 0.3) is 22.3 Å². The van der Waals surface area contributed by atoms with Gasteiger partial charge >= 0.3 is 5.97 Å². The summed E-state index contributed by atoms with van der Waals surface area (Å²) in [7, 11) is 0. The van der Waals surface area contributed by atoms with Crippen LogP contribution in [-0.2, 0) is 27.2 Å². The molecular formula is C32H40N2O3. The van der Waals surface area contributed by atoms with Crippen molar-refractivity contribution in [1.29, 1.82) is 0 Å². The van der Waals surface area contributed by atoms with Crippen molar-refractivity contribution >= 4 is 5.97 Å². The van der Waals surface area contributed by atoms with Crippen molar-refractivity contribution in [2.24, 2.45) is 0 Å². The summed E-state index contributed by atoms with van der Waals surface area (Å²) in [6, 6.07) is 15.2. The second kappa shape index (κ2) is 10.8. The summed E-state index contributed by atoms with van der Waals surface area (Å²) in [6.07, 6.45) is -0.175. The highest BCUT2D eigenvalue weighted by molar-refractivity contribution is 5.91. The molecule has 0 spiro atoms. The van der Waals surface area contributed by atoms with Gasteiger partial charge in [-0.15, -0.1) is 0 Å². The van der Waals surface area contributed by atoms with Crippen LogP contribution in [0.2, 0.25) is 0 Å². The average Bonchev–Trinajstić information content (AvgIpc) is 2.81. The van der Waals surface area contributed by atoms with Crippen LogP contribution in [0.3, 0.4) is 0 Å². The van der Waals surface area contributed by atoms with E-state index in [2.05, 4.69) is 61.6 Å². The maximum Gasteiger partial charge on any atom is 0.340 e. The van der Waals surface area contributed by atoms with Gasteiger partial charge < -0.3 is 14.8 Å². The maximum absolute atomic E-state index is 13.6. The zero-order chi connectivity index (χ0) is 26.9. The van der Waals surface area contributed by atoms with Crippen molar-refractivity contribution in [3.05, 3.63) is 76.1 Å². The number of hydrogen-bond donors (Lipinski definition) is 1. The van der Waals surface area contributed by atoms with Gasteiger partial charge in [-0.2, -0.15) is 0 Å². The first kappa shape index (κ1) is 27.0. The number of carbonyl (C=O) groups is 1. The third-order valence-electron chi connectivity index (χ3n) is 6.63.